The van der Waals surface area contributed by atoms with Gasteiger partial charge in [-0.1, -0.05) is 12.1 Å². The molecular weight excluding hydrogens is 454 g/mol. The van der Waals surface area contributed by atoms with E-state index in [9.17, 15) is 4.79 Å². The van der Waals surface area contributed by atoms with Crippen molar-refractivity contribution in [3.8, 4) is 17.2 Å². The van der Waals surface area contributed by atoms with E-state index >= 15 is 0 Å². The number of carbonyl (C=O) groups is 1. The van der Waals surface area contributed by atoms with Gasteiger partial charge in [0, 0.05) is 31.5 Å². The lowest BCUT2D eigenvalue weighted by Gasteiger charge is -2.56. The average Bonchev–Trinajstić information content (AvgIpc) is 2.82. The number of hydrogen-bond donors (Lipinski definition) is 2. The summed E-state index contributed by atoms with van der Waals surface area (Å²) < 4.78 is 23.0. The van der Waals surface area contributed by atoms with Crippen molar-refractivity contribution in [2.45, 2.75) is 32.0 Å². The first-order chi connectivity index (χ1) is 16.4. The standard InChI is InChI=1S/C25H31N3O5S/c1-5-32-19-9-6-8-18-21-20(23(29)26-16-10-12-17(31-4)13-11-16)25(2,33-22(18)19)28(24(34)27-21)14-7-15-30-3/h6,8-13,20-21H,5,7,14-15H2,1-4H3,(H,26,29)(H,27,34)/t20-,21+,25-/m0/s1. The Hall–Kier alpha value is -3.04. The number of nitrogens with zero attached hydrogens (tertiary/aromatic N) is 1. The van der Waals surface area contributed by atoms with Crippen molar-refractivity contribution in [1.29, 1.82) is 0 Å². The molecule has 1 amide bonds. The molecule has 3 atom stereocenters. The number of ether oxygens (including phenoxy) is 4. The van der Waals surface area contributed by atoms with Crippen LogP contribution in [0, 0.1) is 5.92 Å². The number of carbonyl (C=O) groups excluding carboxylic acids is 1. The van der Waals surface area contributed by atoms with Crippen LogP contribution in [-0.4, -0.2) is 55.6 Å². The Bertz CT molecular complexity index is 1050. The molecule has 8 nitrogen and oxygen atoms in total. The van der Waals surface area contributed by atoms with Crippen molar-refractivity contribution in [1.82, 2.24) is 10.2 Å². The number of hydrogen-bond acceptors (Lipinski definition) is 6. The molecule has 182 valence electrons. The molecule has 2 bridgehead atoms. The highest BCUT2D eigenvalue weighted by Crippen LogP contribution is 2.51. The van der Waals surface area contributed by atoms with E-state index in [1.165, 1.54) is 0 Å². The van der Waals surface area contributed by atoms with Gasteiger partial charge in [0.05, 0.1) is 19.8 Å². The highest BCUT2D eigenvalue weighted by atomic mass is 32.1. The van der Waals surface area contributed by atoms with Crippen molar-refractivity contribution >= 4 is 28.9 Å². The molecule has 34 heavy (non-hydrogen) atoms. The fourth-order valence-corrected chi connectivity index (χ4v) is 5.09. The van der Waals surface area contributed by atoms with E-state index in [4.69, 9.17) is 31.2 Å². The van der Waals surface area contributed by atoms with Gasteiger partial charge >= 0.3 is 0 Å². The second kappa shape index (κ2) is 10.1. The first kappa shape index (κ1) is 24.1. The predicted molar refractivity (Wildman–Crippen MR) is 133 cm³/mol. The predicted octanol–water partition coefficient (Wildman–Crippen LogP) is 3.73. The van der Waals surface area contributed by atoms with Gasteiger partial charge in [0.15, 0.2) is 22.3 Å². The number of rotatable bonds is 9. The van der Waals surface area contributed by atoms with Gasteiger partial charge in [0.1, 0.15) is 11.7 Å². The van der Waals surface area contributed by atoms with E-state index in [0.29, 0.717) is 42.1 Å². The molecule has 4 rings (SSSR count). The molecule has 2 aromatic rings. The molecule has 2 aliphatic rings. The molecule has 2 aliphatic heterocycles. The van der Waals surface area contributed by atoms with Gasteiger partial charge in [-0.2, -0.15) is 0 Å². The van der Waals surface area contributed by atoms with Crippen molar-refractivity contribution in [3.05, 3.63) is 48.0 Å². The van der Waals surface area contributed by atoms with Crippen LogP contribution >= 0.6 is 12.2 Å². The third-order valence-corrected chi connectivity index (χ3v) is 6.63. The zero-order valence-electron chi connectivity index (χ0n) is 19.9. The Kier molecular flexibility index (Phi) is 7.13. The monoisotopic (exact) mass is 485 g/mol. The van der Waals surface area contributed by atoms with Crippen molar-refractivity contribution < 1.29 is 23.7 Å². The van der Waals surface area contributed by atoms with E-state index in [0.717, 1.165) is 17.7 Å². The topological polar surface area (TPSA) is 81.3 Å². The Morgan fingerprint density at radius 2 is 2.00 bits per heavy atom. The Balaban J connectivity index is 1.73. The summed E-state index contributed by atoms with van der Waals surface area (Å²) in [4.78, 5) is 15.7. The summed E-state index contributed by atoms with van der Waals surface area (Å²) in [5, 5.41) is 7.01. The molecule has 0 aliphatic carbocycles. The lowest BCUT2D eigenvalue weighted by atomic mass is 9.78. The summed E-state index contributed by atoms with van der Waals surface area (Å²) >= 11 is 5.73. The quantitative estimate of drug-likeness (QED) is 0.411. The van der Waals surface area contributed by atoms with Gasteiger partial charge in [-0.25, -0.2) is 0 Å². The zero-order valence-corrected chi connectivity index (χ0v) is 20.7. The first-order valence-corrected chi connectivity index (χ1v) is 11.8. The van der Waals surface area contributed by atoms with Crippen molar-refractivity contribution in [2.24, 2.45) is 5.92 Å². The maximum atomic E-state index is 13.8. The van der Waals surface area contributed by atoms with Crippen LogP contribution in [-0.2, 0) is 9.53 Å². The Morgan fingerprint density at radius 1 is 1.24 bits per heavy atom. The lowest BCUT2D eigenvalue weighted by Crippen LogP contribution is -2.71. The Labute approximate surface area is 205 Å². The number of amides is 1. The van der Waals surface area contributed by atoms with E-state index in [1.807, 2.05) is 61.2 Å². The van der Waals surface area contributed by atoms with Crippen LogP contribution in [0.15, 0.2) is 42.5 Å². The summed E-state index contributed by atoms with van der Waals surface area (Å²) in [5.41, 5.74) is 0.490. The van der Waals surface area contributed by atoms with E-state index < -0.39 is 11.6 Å². The summed E-state index contributed by atoms with van der Waals surface area (Å²) in [5.74, 6) is 1.25. The van der Waals surface area contributed by atoms with Crippen LogP contribution in [0.25, 0.3) is 0 Å². The molecule has 0 spiro atoms. The number of anilines is 1. The van der Waals surface area contributed by atoms with E-state index in [1.54, 1.807) is 14.2 Å². The maximum absolute atomic E-state index is 13.8. The minimum absolute atomic E-state index is 0.170. The number of nitrogens with one attached hydrogen (secondary N) is 2. The highest BCUT2D eigenvalue weighted by Gasteiger charge is 2.59. The van der Waals surface area contributed by atoms with Crippen LogP contribution in [0.1, 0.15) is 31.9 Å². The third-order valence-electron chi connectivity index (χ3n) is 6.29. The lowest BCUT2D eigenvalue weighted by molar-refractivity contribution is -0.150. The summed E-state index contributed by atoms with van der Waals surface area (Å²) in [6.45, 7) is 5.50. The molecule has 1 fully saturated rings. The molecule has 0 unspecified atom stereocenters. The normalized spacial score (nSPS) is 22.8. The fourth-order valence-electron chi connectivity index (χ4n) is 4.69. The smallest absolute Gasteiger partial charge is 0.236 e. The summed E-state index contributed by atoms with van der Waals surface area (Å²) in [6.07, 6.45) is 0.731. The Morgan fingerprint density at radius 3 is 2.68 bits per heavy atom. The van der Waals surface area contributed by atoms with Crippen LogP contribution in [0.2, 0.25) is 0 Å². The molecule has 0 saturated carbocycles. The third kappa shape index (κ3) is 4.37. The van der Waals surface area contributed by atoms with Crippen LogP contribution < -0.4 is 24.8 Å². The highest BCUT2D eigenvalue weighted by molar-refractivity contribution is 7.80. The van der Waals surface area contributed by atoms with E-state index in [2.05, 4.69) is 10.6 Å². The molecular formula is C25H31N3O5S. The first-order valence-electron chi connectivity index (χ1n) is 11.4. The summed E-state index contributed by atoms with van der Waals surface area (Å²) in [7, 11) is 3.27. The van der Waals surface area contributed by atoms with Gasteiger partial charge < -0.3 is 34.5 Å². The van der Waals surface area contributed by atoms with Gasteiger partial charge in [-0.3, -0.25) is 4.79 Å². The van der Waals surface area contributed by atoms with Crippen LogP contribution in [0.5, 0.6) is 17.2 Å². The van der Waals surface area contributed by atoms with Gasteiger partial charge in [0.2, 0.25) is 5.91 Å². The number of benzene rings is 2. The van der Waals surface area contributed by atoms with Crippen LogP contribution in [0.3, 0.4) is 0 Å². The molecule has 2 heterocycles. The fraction of sp³-hybridized carbons (Fsp3) is 0.440. The van der Waals surface area contributed by atoms with Gasteiger partial charge in [0.25, 0.3) is 0 Å². The minimum atomic E-state index is -1.03. The molecule has 1 saturated heterocycles. The second-order valence-electron chi connectivity index (χ2n) is 8.38. The van der Waals surface area contributed by atoms with Crippen molar-refractivity contribution in [3.63, 3.8) is 0 Å². The number of para-hydroxylation sites is 1. The minimum Gasteiger partial charge on any atom is -0.497 e. The van der Waals surface area contributed by atoms with E-state index in [-0.39, 0.29) is 11.9 Å². The molecule has 0 radical (unpaired) electrons. The number of thiocarbonyl (C=S) groups is 1. The second-order valence-corrected chi connectivity index (χ2v) is 8.77. The summed E-state index contributed by atoms with van der Waals surface area (Å²) in [6, 6.07) is 12.6. The zero-order chi connectivity index (χ0) is 24.3. The van der Waals surface area contributed by atoms with Gasteiger partial charge in [-0.05, 0) is 62.8 Å². The number of methoxy groups -OCH3 is 2. The maximum Gasteiger partial charge on any atom is 0.236 e. The number of fused-ring (bicyclic) bond motifs is 4. The largest absolute Gasteiger partial charge is 0.497 e. The molecule has 0 aromatic heterocycles. The molecule has 2 aromatic carbocycles. The molecule has 9 heteroatoms. The average molecular weight is 486 g/mol. The van der Waals surface area contributed by atoms with Crippen LogP contribution in [0.4, 0.5) is 5.69 Å². The SMILES string of the molecule is CCOc1cccc2c1O[C@@]1(C)[C@H](C(=O)Nc3ccc(OC)cc3)[C@@H]2NC(=S)N1CCCOC. The molecule has 2 N–H and O–H groups in total. The van der Waals surface area contributed by atoms with Gasteiger partial charge in [-0.15, -0.1) is 0 Å². The van der Waals surface area contributed by atoms with Crippen molar-refractivity contribution in [2.75, 3.05) is 39.3 Å².